The van der Waals surface area contributed by atoms with Gasteiger partial charge in [0.1, 0.15) is 0 Å². The van der Waals surface area contributed by atoms with E-state index in [1.54, 1.807) is 22.8 Å². The number of ether oxygens (including phenoxy) is 1. The Morgan fingerprint density at radius 2 is 2.21 bits per heavy atom. The molecule has 24 heavy (non-hydrogen) atoms. The van der Waals surface area contributed by atoms with Gasteiger partial charge < -0.3 is 4.74 Å². The Morgan fingerprint density at radius 1 is 1.46 bits per heavy atom. The number of hydrogen-bond acceptors (Lipinski definition) is 4. The zero-order chi connectivity index (χ0) is 17.7. The Balaban J connectivity index is 2.35. The van der Waals surface area contributed by atoms with Crippen molar-refractivity contribution in [2.24, 2.45) is 0 Å². The average molecular weight is 367 g/mol. The van der Waals surface area contributed by atoms with Crippen LogP contribution in [0.1, 0.15) is 27.2 Å². The summed E-state index contributed by atoms with van der Waals surface area (Å²) in [5, 5.41) is 1.86. The van der Waals surface area contributed by atoms with E-state index in [9.17, 15) is 4.79 Å². The van der Waals surface area contributed by atoms with Crippen molar-refractivity contribution in [3.05, 3.63) is 45.7 Å². The molecule has 0 aliphatic heterocycles. The van der Waals surface area contributed by atoms with Crippen LogP contribution in [0.2, 0.25) is 5.02 Å². The van der Waals surface area contributed by atoms with Gasteiger partial charge in [0, 0.05) is 23.9 Å². The topological polar surface area (TPSA) is 44.1 Å². The van der Waals surface area contributed by atoms with Crippen LogP contribution in [0.3, 0.4) is 0 Å². The summed E-state index contributed by atoms with van der Waals surface area (Å²) in [5.74, 6) is 0.723. The molecular formula is C18H23ClN2O2S. The van der Waals surface area contributed by atoms with Crippen molar-refractivity contribution in [3.63, 3.8) is 0 Å². The molecule has 130 valence electrons. The summed E-state index contributed by atoms with van der Waals surface area (Å²) in [4.78, 5) is 17.5. The number of thioether (sulfide) groups is 1. The zero-order valence-corrected chi connectivity index (χ0v) is 15.9. The maximum atomic E-state index is 12.8. The first-order chi connectivity index (χ1) is 11.4. The first kappa shape index (κ1) is 19.0. The van der Waals surface area contributed by atoms with Gasteiger partial charge in [0.25, 0.3) is 5.56 Å². The van der Waals surface area contributed by atoms with Crippen LogP contribution in [-0.4, -0.2) is 28.0 Å². The Hall–Kier alpha value is -1.30. The maximum Gasteiger partial charge on any atom is 0.262 e. The van der Waals surface area contributed by atoms with E-state index in [1.165, 1.54) is 11.8 Å². The molecule has 0 atom stereocenters. The van der Waals surface area contributed by atoms with Gasteiger partial charge in [-0.05, 0) is 45.4 Å². The lowest BCUT2D eigenvalue weighted by molar-refractivity contribution is 0.0743. The van der Waals surface area contributed by atoms with Crippen LogP contribution in [0.15, 0.2) is 40.3 Å². The van der Waals surface area contributed by atoms with E-state index >= 15 is 0 Å². The van der Waals surface area contributed by atoms with Gasteiger partial charge in [-0.1, -0.05) is 35.5 Å². The minimum Gasteiger partial charge on any atom is -0.379 e. The molecule has 0 saturated carbocycles. The first-order valence-electron chi connectivity index (χ1n) is 7.97. The summed E-state index contributed by atoms with van der Waals surface area (Å²) >= 11 is 7.56. The van der Waals surface area contributed by atoms with Crippen molar-refractivity contribution in [2.75, 3.05) is 12.4 Å². The van der Waals surface area contributed by atoms with Crippen molar-refractivity contribution in [1.82, 2.24) is 9.55 Å². The van der Waals surface area contributed by atoms with E-state index in [0.29, 0.717) is 34.2 Å². The largest absolute Gasteiger partial charge is 0.379 e. The monoisotopic (exact) mass is 366 g/mol. The van der Waals surface area contributed by atoms with Gasteiger partial charge in [-0.15, -0.1) is 0 Å². The third kappa shape index (κ3) is 5.10. The predicted molar refractivity (Wildman–Crippen MR) is 102 cm³/mol. The number of rotatable bonds is 8. The van der Waals surface area contributed by atoms with Crippen LogP contribution in [-0.2, 0) is 11.3 Å². The van der Waals surface area contributed by atoms with Crippen molar-refractivity contribution < 1.29 is 4.74 Å². The fourth-order valence-corrected chi connectivity index (χ4v) is 3.25. The second kappa shape index (κ2) is 8.70. The van der Waals surface area contributed by atoms with Gasteiger partial charge in [0.2, 0.25) is 0 Å². The molecule has 0 bridgehead atoms. The molecule has 6 heteroatoms. The smallest absolute Gasteiger partial charge is 0.262 e. The fourth-order valence-electron chi connectivity index (χ4n) is 2.21. The molecule has 0 saturated heterocycles. The third-order valence-corrected chi connectivity index (χ3v) is 4.75. The standard InChI is InChI=1S/C18H23ClN2O2S/c1-12(2)11-24-18-20-16-10-14(19)6-7-15(16)17(22)21(18)8-5-9-23-13(3)4/h6-7,10,13H,1,5,8-9,11H2,2-4H3. The number of aromatic nitrogens is 2. The second-order valence-electron chi connectivity index (χ2n) is 6.03. The van der Waals surface area contributed by atoms with E-state index in [2.05, 4.69) is 11.6 Å². The van der Waals surface area contributed by atoms with Crippen LogP contribution >= 0.6 is 23.4 Å². The Bertz CT molecular complexity index is 786. The van der Waals surface area contributed by atoms with Gasteiger partial charge in [-0.25, -0.2) is 4.98 Å². The SMILES string of the molecule is C=C(C)CSc1nc2cc(Cl)ccc2c(=O)n1CCCOC(C)C. The highest BCUT2D eigenvalue weighted by atomic mass is 35.5. The van der Waals surface area contributed by atoms with Crippen molar-refractivity contribution in [1.29, 1.82) is 0 Å². The highest BCUT2D eigenvalue weighted by molar-refractivity contribution is 7.99. The molecule has 4 nitrogen and oxygen atoms in total. The molecule has 0 unspecified atom stereocenters. The quantitative estimate of drug-likeness (QED) is 0.298. The average Bonchev–Trinajstić information content (AvgIpc) is 2.50. The van der Waals surface area contributed by atoms with Gasteiger partial charge in [-0.2, -0.15) is 0 Å². The summed E-state index contributed by atoms with van der Waals surface area (Å²) in [6.07, 6.45) is 0.954. The highest BCUT2D eigenvalue weighted by Crippen LogP contribution is 2.22. The molecule has 0 amide bonds. The molecule has 0 aliphatic carbocycles. The lowest BCUT2D eigenvalue weighted by Crippen LogP contribution is -2.24. The van der Waals surface area contributed by atoms with Crippen molar-refractivity contribution in [3.8, 4) is 0 Å². The minimum atomic E-state index is -0.0366. The lowest BCUT2D eigenvalue weighted by Gasteiger charge is -2.14. The Kier molecular flexibility index (Phi) is 6.90. The van der Waals surface area contributed by atoms with E-state index in [1.807, 2.05) is 20.8 Å². The van der Waals surface area contributed by atoms with E-state index in [0.717, 1.165) is 17.7 Å². The van der Waals surface area contributed by atoms with Crippen LogP contribution in [0, 0.1) is 0 Å². The van der Waals surface area contributed by atoms with Gasteiger partial charge in [0.05, 0.1) is 17.0 Å². The summed E-state index contributed by atoms with van der Waals surface area (Å²) in [6, 6.07) is 5.19. The van der Waals surface area contributed by atoms with Crippen LogP contribution in [0.5, 0.6) is 0 Å². The molecule has 0 aliphatic rings. The van der Waals surface area contributed by atoms with E-state index in [-0.39, 0.29) is 11.7 Å². The number of benzene rings is 1. The highest BCUT2D eigenvalue weighted by Gasteiger charge is 2.12. The summed E-state index contributed by atoms with van der Waals surface area (Å²) < 4.78 is 7.30. The van der Waals surface area contributed by atoms with Crippen LogP contribution in [0.25, 0.3) is 10.9 Å². The number of halogens is 1. The summed E-state index contributed by atoms with van der Waals surface area (Å²) in [5.41, 5.74) is 1.63. The van der Waals surface area contributed by atoms with Crippen molar-refractivity contribution in [2.45, 2.75) is 45.0 Å². The van der Waals surface area contributed by atoms with Crippen LogP contribution in [0.4, 0.5) is 0 Å². The number of hydrogen-bond donors (Lipinski definition) is 0. The minimum absolute atomic E-state index is 0.0366. The molecular weight excluding hydrogens is 344 g/mol. The zero-order valence-electron chi connectivity index (χ0n) is 14.3. The fraction of sp³-hybridized carbons (Fsp3) is 0.444. The maximum absolute atomic E-state index is 12.8. The summed E-state index contributed by atoms with van der Waals surface area (Å²) in [6.45, 7) is 11.1. The van der Waals surface area contributed by atoms with Crippen LogP contribution < -0.4 is 5.56 Å². The molecule has 0 N–H and O–H groups in total. The predicted octanol–water partition coefficient (Wildman–Crippen LogP) is 4.53. The Morgan fingerprint density at radius 3 is 2.88 bits per heavy atom. The van der Waals surface area contributed by atoms with Gasteiger partial charge in [-0.3, -0.25) is 9.36 Å². The van der Waals surface area contributed by atoms with E-state index in [4.69, 9.17) is 16.3 Å². The lowest BCUT2D eigenvalue weighted by atomic mass is 10.2. The molecule has 1 heterocycles. The summed E-state index contributed by atoms with van der Waals surface area (Å²) in [7, 11) is 0. The van der Waals surface area contributed by atoms with E-state index < -0.39 is 0 Å². The first-order valence-corrected chi connectivity index (χ1v) is 9.33. The number of nitrogens with zero attached hydrogens (tertiary/aromatic N) is 2. The molecule has 1 aromatic heterocycles. The van der Waals surface area contributed by atoms with Crippen molar-refractivity contribution >= 4 is 34.3 Å². The molecule has 0 fully saturated rings. The van der Waals surface area contributed by atoms with Gasteiger partial charge >= 0.3 is 0 Å². The molecule has 1 aromatic carbocycles. The second-order valence-corrected chi connectivity index (χ2v) is 7.41. The Labute approximate surface area is 151 Å². The number of fused-ring (bicyclic) bond motifs is 1. The van der Waals surface area contributed by atoms with Gasteiger partial charge in [0.15, 0.2) is 5.16 Å². The molecule has 0 radical (unpaired) electrons. The normalized spacial score (nSPS) is 11.4. The molecule has 2 rings (SSSR count). The molecule has 2 aromatic rings. The molecule has 0 spiro atoms. The third-order valence-electron chi connectivity index (χ3n) is 3.31.